The lowest BCUT2D eigenvalue weighted by atomic mass is 9.82. The van der Waals surface area contributed by atoms with Crippen molar-refractivity contribution < 1.29 is 33.7 Å². The fraction of sp³-hybridized carbons (Fsp3) is 0.500. The van der Waals surface area contributed by atoms with E-state index in [-0.39, 0.29) is 42.4 Å². The molecule has 1 spiro atoms. The van der Waals surface area contributed by atoms with E-state index in [9.17, 15) is 14.7 Å². The minimum atomic E-state index is -2.42. The Kier molecular flexibility index (Phi) is 11.8. The molecule has 3 aliphatic rings. The molecule has 1 unspecified atom stereocenters. The van der Waals surface area contributed by atoms with Gasteiger partial charge in [-0.1, -0.05) is 65.8 Å². The average molecular weight is 770 g/mol. The van der Waals surface area contributed by atoms with E-state index in [2.05, 4.69) is 75.4 Å². The number of methoxy groups -OCH3 is 1. The lowest BCUT2D eigenvalue weighted by Crippen LogP contribution is -2.55. The zero-order valence-electron chi connectivity index (χ0n) is 33.4. The number of benzene rings is 2. The van der Waals surface area contributed by atoms with Gasteiger partial charge >= 0.3 is 5.97 Å². The predicted octanol–water partition coefficient (Wildman–Crippen LogP) is 5.79. The van der Waals surface area contributed by atoms with Gasteiger partial charge in [0.15, 0.2) is 11.8 Å². The van der Waals surface area contributed by atoms with Crippen molar-refractivity contribution in [1.82, 2.24) is 15.0 Å². The number of hydrogen-bond donors (Lipinski definition) is 1. The van der Waals surface area contributed by atoms with Crippen LogP contribution in [0.2, 0.25) is 18.6 Å². The molecule has 2 fully saturated rings. The van der Waals surface area contributed by atoms with Crippen molar-refractivity contribution in [2.45, 2.75) is 110 Å². The van der Waals surface area contributed by atoms with Crippen LogP contribution in [0.4, 0.5) is 11.4 Å². The Morgan fingerprint density at radius 2 is 1.84 bits per heavy atom. The molecule has 4 heterocycles. The number of allylic oxidation sites excluding steroid dienone is 3. The number of ether oxygens (including phenoxy) is 3. The number of β-lactam (4-membered cyclic amide) rings is 1. The summed E-state index contributed by atoms with van der Waals surface area (Å²) in [6.45, 7) is 15.3. The van der Waals surface area contributed by atoms with E-state index in [1.54, 1.807) is 11.8 Å². The number of aliphatic hydroxyl groups excluding tert-OH is 1. The first-order valence-electron chi connectivity index (χ1n) is 19.3. The summed E-state index contributed by atoms with van der Waals surface area (Å²) >= 11 is 0. The Bertz CT molecular complexity index is 1970. The molecule has 5 atom stereocenters. The van der Waals surface area contributed by atoms with Crippen molar-refractivity contribution in [2.75, 3.05) is 30.1 Å². The number of aliphatic hydroxyl groups is 1. The third-order valence-electron chi connectivity index (χ3n) is 11.6. The lowest BCUT2D eigenvalue weighted by molar-refractivity contribution is -0.153. The maximum atomic E-state index is 15.3. The molecule has 0 saturated carbocycles. The number of fused-ring (bicyclic) bond motifs is 2. The monoisotopic (exact) mass is 769 g/mol. The Hall–Kier alpha value is -4.59. The van der Waals surface area contributed by atoms with Crippen LogP contribution < -0.4 is 19.7 Å². The van der Waals surface area contributed by atoms with Gasteiger partial charge in [0.1, 0.15) is 5.75 Å². The van der Waals surface area contributed by atoms with Crippen LogP contribution >= 0.6 is 0 Å². The number of hydrogen-bond acceptors (Lipinski definition) is 9. The lowest BCUT2D eigenvalue weighted by Gasteiger charge is -2.39. The molecule has 0 bridgehead atoms. The van der Waals surface area contributed by atoms with E-state index in [4.69, 9.17) is 14.2 Å². The topological polar surface area (TPSA) is 136 Å². The van der Waals surface area contributed by atoms with Crippen LogP contribution in [0.25, 0.3) is 0 Å². The van der Waals surface area contributed by atoms with Gasteiger partial charge in [-0.15, -0.1) is 5.10 Å². The van der Waals surface area contributed by atoms with Gasteiger partial charge in [0.05, 0.1) is 39.1 Å². The summed E-state index contributed by atoms with van der Waals surface area (Å²) in [4.78, 5) is 43.6. The van der Waals surface area contributed by atoms with Gasteiger partial charge in [-0.25, -0.2) is 0 Å². The molecule has 13 heteroatoms. The molecule has 3 aromatic rings. The second kappa shape index (κ2) is 16.2. The fourth-order valence-electron chi connectivity index (χ4n) is 8.76. The van der Waals surface area contributed by atoms with Gasteiger partial charge in [0, 0.05) is 56.4 Å². The summed E-state index contributed by atoms with van der Waals surface area (Å²) < 4.78 is 20.1. The molecule has 2 saturated heterocycles. The fourth-order valence-corrected chi connectivity index (χ4v) is 12.8. The highest BCUT2D eigenvalue weighted by Gasteiger charge is 2.66. The Labute approximate surface area is 325 Å². The third-order valence-corrected chi connectivity index (χ3v) is 16.0. The van der Waals surface area contributed by atoms with Crippen LogP contribution in [-0.2, 0) is 42.4 Å². The molecule has 1 aromatic heterocycles. The van der Waals surface area contributed by atoms with E-state index >= 15 is 4.79 Å². The first kappa shape index (κ1) is 40.1. The summed E-state index contributed by atoms with van der Waals surface area (Å²) in [7, 11) is -0.763. The van der Waals surface area contributed by atoms with E-state index < -0.39 is 25.9 Å². The van der Waals surface area contributed by atoms with Gasteiger partial charge in [-0.2, -0.15) is 0 Å². The first-order valence-corrected chi connectivity index (χ1v) is 22.4. The highest BCUT2D eigenvalue weighted by atomic mass is 28.3. The number of rotatable bonds is 15. The van der Waals surface area contributed by atoms with Crippen molar-refractivity contribution in [3.05, 3.63) is 83.2 Å². The molecule has 2 aromatic carbocycles. The maximum Gasteiger partial charge on any atom is 0.304 e. The minimum absolute atomic E-state index is 0.0109. The second-order valence-corrected chi connectivity index (χ2v) is 20.6. The SMILES string of the molecule is COc1ccc([Si](C)(C)[C@H]2[C@H](CCn3cc(CCO)nn3)O[C@@]3(C(=O)N(C/C=C(\C)CCC=C(C)C)c4ccc(N5C(=O)CC5OC(C)=O)cc43)[C@@H]2C)cc1. The zero-order chi connectivity index (χ0) is 39.7. The molecule has 1 N–H and O–H groups in total. The quantitative estimate of drug-likeness (QED) is 0.0882. The number of carbonyl (C=O) groups is 3. The molecule has 0 radical (unpaired) electrons. The molecule has 3 aliphatic heterocycles. The van der Waals surface area contributed by atoms with Crippen molar-refractivity contribution in [1.29, 1.82) is 0 Å². The molecular weight excluding hydrogens is 715 g/mol. The third kappa shape index (κ3) is 7.79. The highest BCUT2D eigenvalue weighted by molar-refractivity contribution is 6.91. The van der Waals surface area contributed by atoms with Gasteiger partial charge in [-0.05, 0) is 75.9 Å². The number of anilines is 2. The van der Waals surface area contributed by atoms with Crippen LogP contribution in [-0.4, -0.2) is 78.6 Å². The van der Waals surface area contributed by atoms with Crippen molar-refractivity contribution in [2.24, 2.45) is 5.92 Å². The Balaban J connectivity index is 1.44. The van der Waals surface area contributed by atoms with E-state index in [1.807, 2.05) is 41.4 Å². The maximum absolute atomic E-state index is 15.3. The summed E-state index contributed by atoms with van der Waals surface area (Å²) in [6.07, 6.45) is 8.09. The van der Waals surface area contributed by atoms with Crippen LogP contribution in [0.15, 0.2) is 72.0 Å². The van der Waals surface area contributed by atoms with E-state index in [0.29, 0.717) is 37.3 Å². The predicted molar refractivity (Wildman–Crippen MR) is 214 cm³/mol. The number of aromatic nitrogens is 3. The summed E-state index contributed by atoms with van der Waals surface area (Å²) in [6, 6.07) is 13.9. The molecular formula is C42H55N5O7Si. The molecule has 0 aliphatic carbocycles. The second-order valence-electron chi connectivity index (χ2n) is 15.9. The van der Waals surface area contributed by atoms with Crippen LogP contribution in [0, 0.1) is 5.92 Å². The molecule has 294 valence electrons. The number of amides is 2. The summed E-state index contributed by atoms with van der Waals surface area (Å²) in [5, 5.41) is 19.2. The van der Waals surface area contributed by atoms with Gasteiger partial charge in [0.25, 0.3) is 5.91 Å². The van der Waals surface area contributed by atoms with Crippen molar-refractivity contribution >= 4 is 42.4 Å². The van der Waals surface area contributed by atoms with Gasteiger partial charge in [0.2, 0.25) is 5.91 Å². The first-order chi connectivity index (χ1) is 26.2. The zero-order valence-corrected chi connectivity index (χ0v) is 34.4. The van der Waals surface area contributed by atoms with E-state index in [0.717, 1.165) is 29.8 Å². The largest absolute Gasteiger partial charge is 0.497 e. The minimum Gasteiger partial charge on any atom is -0.497 e. The van der Waals surface area contributed by atoms with Crippen LogP contribution in [0.3, 0.4) is 0 Å². The van der Waals surface area contributed by atoms with Crippen molar-refractivity contribution in [3.63, 3.8) is 0 Å². The number of carbonyl (C=O) groups excluding carboxylic acids is 3. The number of aryl methyl sites for hydroxylation is 1. The van der Waals surface area contributed by atoms with E-state index in [1.165, 1.54) is 28.2 Å². The highest BCUT2D eigenvalue weighted by Crippen LogP contribution is 2.60. The molecule has 12 nitrogen and oxygen atoms in total. The van der Waals surface area contributed by atoms with Gasteiger partial charge in [-0.3, -0.25) is 24.0 Å². The Morgan fingerprint density at radius 1 is 1.09 bits per heavy atom. The average Bonchev–Trinajstić information content (AvgIpc) is 3.78. The smallest absolute Gasteiger partial charge is 0.304 e. The molecule has 6 rings (SSSR count). The normalized spacial score (nSPS) is 23.6. The summed E-state index contributed by atoms with van der Waals surface area (Å²) in [5.41, 5.74) is 3.86. The molecule has 2 amide bonds. The van der Waals surface area contributed by atoms with Crippen LogP contribution in [0.1, 0.15) is 71.6 Å². The number of nitrogens with zero attached hydrogens (tertiary/aromatic N) is 5. The van der Waals surface area contributed by atoms with Crippen molar-refractivity contribution in [3.8, 4) is 5.75 Å². The number of esters is 1. The standard InChI is InChI=1S/C42H55N5O7Si/c1-27(2)10-9-11-28(3)18-22-46-36-17-12-32(47-38(50)25-39(47)53-30(5)49)24-35(36)42(41(46)51)29(4)40(55(7,8)34-15-13-33(52-6)14-16-34)37(54-42)19-21-45-26-31(20-23-48)43-44-45/h10,12-18,24,26,29,37,39-40,48H,9,11,19-23,25H2,1-8H3/b28-18+/t29-,37+,39?,40-,42+/m1/s1. The molecule has 55 heavy (non-hydrogen) atoms. The van der Waals surface area contributed by atoms with Crippen LogP contribution in [0.5, 0.6) is 5.75 Å². The summed E-state index contributed by atoms with van der Waals surface area (Å²) in [5.74, 6) is -0.221. The Morgan fingerprint density at radius 3 is 2.49 bits per heavy atom. The van der Waals surface area contributed by atoms with Gasteiger partial charge < -0.3 is 24.2 Å².